The Bertz CT molecular complexity index is 312. The molecule has 1 aliphatic heterocycles. The number of hydrogen-bond acceptors (Lipinski definition) is 5. The van der Waals surface area contributed by atoms with Crippen molar-refractivity contribution in [2.45, 2.75) is 12.5 Å². The number of carbonyl (C=O) groups is 1. The summed E-state index contributed by atoms with van der Waals surface area (Å²) in [7, 11) is 0. The first-order chi connectivity index (χ1) is 6.57. The molecule has 1 atom stereocenters. The van der Waals surface area contributed by atoms with Crippen LogP contribution >= 0.6 is 11.8 Å². The van der Waals surface area contributed by atoms with Crippen molar-refractivity contribution in [1.82, 2.24) is 0 Å². The van der Waals surface area contributed by atoms with Gasteiger partial charge in [0, 0.05) is 0 Å². The van der Waals surface area contributed by atoms with Gasteiger partial charge < -0.3 is 16.6 Å². The fourth-order valence-corrected chi connectivity index (χ4v) is 1.73. The first-order valence-electron chi connectivity index (χ1n) is 4.13. The smallest absolute Gasteiger partial charge is 0.255 e. The third-order valence-corrected chi connectivity index (χ3v) is 2.61. The van der Waals surface area contributed by atoms with Crippen molar-refractivity contribution in [3.8, 4) is 0 Å². The number of carbonyl (C=O) groups excluding carboxylic acids is 1. The molecule has 1 aliphatic rings. The van der Waals surface area contributed by atoms with E-state index < -0.39 is 11.9 Å². The van der Waals surface area contributed by atoms with Gasteiger partial charge >= 0.3 is 0 Å². The second kappa shape index (κ2) is 4.36. The standard InChI is InChI=1S/C8H13N3O2S/c1-14-3-2-4-6(12)5(8(10)13)7(9)11-4/h4,12H,2-3H2,1H3,(H2,9,11)(H2,10,13). The lowest BCUT2D eigenvalue weighted by molar-refractivity contribution is -0.114. The topological polar surface area (TPSA) is 102 Å². The molecule has 78 valence electrons. The first kappa shape index (κ1) is 10.9. The van der Waals surface area contributed by atoms with E-state index in [4.69, 9.17) is 11.5 Å². The van der Waals surface area contributed by atoms with E-state index in [1.54, 1.807) is 11.8 Å². The maximum Gasteiger partial charge on any atom is 0.255 e. The summed E-state index contributed by atoms with van der Waals surface area (Å²) in [6, 6.07) is -0.398. The molecule has 6 heteroatoms. The highest BCUT2D eigenvalue weighted by molar-refractivity contribution is 7.98. The van der Waals surface area contributed by atoms with Crippen LogP contribution in [0.4, 0.5) is 0 Å². The van der Waals surface area contributed by atoms with E-state index in [0.717, 1.165) is 5.75 Å². The molecule has 0 saturated heterocycles. The van der Waals surface area contributed by atoms with Gasteiger partial charge in [-0.3, -0.25) is 9.79 Å². The highest BCUT2D eigenvalue weighted by atomic mass is 32.2. The lowest BCUT2D eigenvalue weighted by Crippen LogP contribution is -2.25. The van der Waals surface area contributed by atoms with E-state index >= 15 is 0 Å². The Kier molecular flexibility index (Phi) is 3.40. The number of aliphatic imine (C=N–C) groups is 1. The minimum absolute atomic E-state index is 0.0314. The van der Waals surface area contributed by atoms with Crippen LogP contribution in [0.3, 0.4) is 0 Å². The number of nitrogens with two attached hydrogens (primary N) is 2. The highest BCUT2D eigenvalue weighted by Gasteiger charge is 2.29. The van der Waals surface area contributed by atoms with Crippen molar-refractivity contribution in [2.24, 2.45) is 16.5 Å². The molecule has 0 aliphatic carbocycles. The van der Waals surface area contributed by atoms with Crippen LogP contribution in [0.1, 0.15) is 6.42 Å². The van der Waals surface area contributed by atoms with Gasteiger partial charge in [0.15, 0.2) is 0 Å². The van der Waals surface area contributed by atoms with Gasteiger partial charge in [0.1, 0.15) is 23.2 Å². The summed E-state index contributed by atoms with van der Waals surface area (Å²) in [5, 5.41) is 9.59. The lowest BCUT2D eigenvalue weighted by Gasteiger charge is -2.05. The summed E-state index contributed by atoms with van der Waals surface area (Å²) in [4.78, 5) is 14.8. The SMILES string of the molecule is CSCCC1N=C(N)C(C(N)=O)=C1O. The molecule has 5 N–H and O–H groups in total. The number of primary amides is 1. The summed E-state index contributed by atoms with van der Waals surface area (Å²) >= 11 is 1.64. The monoisotopic (exact) mass is 215 g/mol. The van der Waals surface area contributed by atoms with Crippen molar-refractivity contribution < 1.29 is 9.90 Å². The third kappa shape index (κ3) is 2.01. The zero-order valence-electron chi connectivity index (χ0n) is 7.86. The maximum absolute atomic E-state index is 10.9. The highest BCUT2D eigenvalue weighted by Crippen LogP contribution is 2.21. The van der Waals surface area contributed by atoms with Crippen LogP contribution in [0.25, 0.3) is 0 Å². The molecule has 0 aromatic heterocycles. The van der Waals surface area contributed by atoms with Crippen LogP contribution in [0.5, 0.6) is 0 Å². The van der Waals surface area contributed by atoms with E-state index in [0.29, 0.717) is 6.42 Å². The van der Waals surface area contributed by atoms with Crippen molar-refractivity contribution >= 4 is 23.5 Å². The summed E-state index contributed by atoms with van der Waals surface area (Å²) in [5.74, 6) is 0.0675. The van der Waals surface area contributed by atoms with Crippen LogP contribution in [0.2, 0.25) is 0 Å². The Hall–Kier alpha value is -1.17. The predicted octanol–water partition coefficient (Wildman–Crippen LogP) is -0.224. The normalized spacial score (nSPS) is 21.2. The van der Waals surface area contributed by atoms with Crippen molar-refractivity contribution in [3.63, 3.8) is 0 Å². The lowest BCUT2D eigenvalue weighted by atomic mass is 10.1. The van der Waals surface area contributed by atoms with Crippen LogP contribution in [0.15, 0.2) is 16.3 Å². The number of amides is 1. The molecular formula is C8H13N3O2S. The molecule has 1 unspecified atom stereocenters. The molecule has 0 fully saturated rings. The first-order valence-corrected chi connectivity index (χ1v) is 5.52. The molecule has 1 rings (SSSR count). The quantitative estimate of drug-likeness (QED) is 0.603. The molecular weight excluding hydrogens is 202 g/mol. The Balaban J connectivity index is 2.80. The zero-order valence-corrected chi connectivity index (χ0v) is 8.67. The minimum Gasteiger partial charge on any atom is -0.509 e. The van der Waals surface area contributed by atoms with E-state index in [9.17, 15) is 9.90 Å². The molecule has 0 spiro atoms. The number of aliphatic hydroxyl groups excluding tert-OH is 1. The van der Waals surface area contributed by atoms with Gasteiger partial charge in [-0.1, -0.05) is 0 Å². The fraction of sp³-hybridized carbons (Fsp3) is 0.500. The van der Waals surface area contributed by atoms with E-state index in [1.165, 1.54) is 0 Å². The van der Waals surface area contributed by atoms with Gasteiger partial charge in [-0.25, -0.2) is 0 Å². The average molecular weight is 215 g/mol. The van der Waals surface area contributed by atoms with Gasteiger partial charge in [-0.15, -0.1) is 0 Å². The number of nitrogens with zero attached hydrogens (tertiary/aromatic N) is 1. The van der Waals surface area contributed by atoms with E-state index in [-0.39, 0.29) is 17.2 Å². The predicted molar refractivity (Wildman–Crippen MR) is 57.3 cm³/mol. The van der Waals surface area contributed by atoms with Crippen LogP contribution in [-0.2, 0) is 4.79 Å². The fourth-order valence-electron chi connectivity index (χ4n) is 1.27. The molecule has 0 aromatic rings. The van der Waals surface area contributed by atoms with Crippen molar-refractivity contribution in [1.29, 1.82) is 0 Å². The number of aliphatic hydroxyl groups is 1. The molecule has 0 aromatic carbocycles. The molecule has 1 amide bonds. The Morgan fingerprint density at radius 2 is 2.36 bits per heavy atom. The molecule has 0 bridgehead atoms. The van der Waals surface area contributed by atoms with Crippen LogP contribution in [-0.4, -0.2) is 34.9 Å². The molecule has 0 radical (unpaired) electrons. The Morgan fingerprint density at radius 1 is 1.71 bits per heavy atom. The summed E-state index contributed by atoms with van der Waals surface area (Å²) in [5.41, 5.74) is 10.5. The Labute approximate surface area is 86.3 Å². The van der Waals surface area contributed by atoms with Crippen molar-refractivity contribution in [2.75, 3.05) is 12.0 Å². The second-order valence-corrected chi connectivity index (χ2v) is 3.92. The molecule has 0 saturated carbocycles. The molecule has 5 nitrogen and oxygen atoms in total. The van der Waals surface area contributed by atoms with Gasteiger partial charge in [0.2, 0.25) is 0 Å². The number of hydrogen-bond donors (Lipinski definition) is 3. The van der Waals surface area contributed by atoms with Gasteiger partial charge in [0.25, 0.3) is 5.91 Å². The zero-order chi connectivity index (χ0) is 10.7. The van der Waals surface area contributed by atoms with Gasteiger partial charge in [-0.05, 0) is 18.4 Å². The number of amidine groups is 1. The largest absolute Gasteiger partial charge is 0.509 e. The molecule has 1 heterocycles. The summed E-state index contributed by atoms with van der Waals surface area (Å²) < 4.78 is 0. The molecule has 14 heavy (non-hydrogen) atoms. The average Bonchev–Trinajstić information content (AvgIpc) is 2.38. The minimum atomic E-state index is -0.726. The second-order valence-electron chi connectivity index (χ2n) is 2.94. The maximum atomic E-state index is 10.9. The Morgan fingerprint density at radius 3 is 2.79 bits per heavy atom. The third-order valence-electron chi connectivity index (χ3n) is 1.96. The van der Waals surface area contributed by atoms with E-state index in [2.05, 4.69) is 4.99 Å². The van der Waals surface area contributed by atoms with E-state index in [1.807, 2.05) is 6.26 Å². The van der Waals surface area contributed by atoms with Crippen LogP contribution in [0, 0.1) is 0 Å². The van der Waals surface area contributed by atoms with Gasteiger partial charge in [-0.2, -0.15) is 11.8 Å². The van der Waals surface area contributed by atoms with Crippen LogP contribution < -0.4 is 11.5 Å². The number of thioether (sulfide) groups is 1. The van der Waals surface area contributed by atoms with Crippen molar-refractivity contribution in [3.05, 3.63) is 11.3 Å². The summed E-state index contributed by atoms with van der Waals surface area (Å²) in [6.45, 7) is 0. The number of rotatable bonds is 4. The van der Waals surface area contributed by atoms with Gasteiger partial charge in [0.05, 0.1) is 0 Å². The summed E-state index contributed by atoms with van der Waals surface area (Å²) in [6.07, 6.45) is 2.61.